The highest BCUT2D eigenvalue weighted by atomic mass is 32.2. The van der Waals surface area contributed by atoms with Crippen LogP contribution in [0.15, 0.2) is 71.6 Å². The van der Waals surface area contributed by atoms with Gasteiger partial charge in [-0.25, -0.2) is 14.2 Å². The molecule has 0 aliphatic heterocycles. The average molecular weight is 521 g/mol. The number of methoxy groups -OCH3 is 2. The van der Waals surface area contributed by atoms with Crippen molar-refractivity contribution in [3.8, 4) is 11.5 Å². The Balaban J connectivity index is 1.64. The molecule has 0 saturated heterocycles. The molecular weight excluding hydrogens is 492 g/mol. The Bertz CT molecular complexity index is 1420. The van der Waals surface area contributed by atoms with Gasteiger partial charge in [0.05, 0.1) is 36.7 Å². The second-order valence-corrected chi connectivity index (χ2v) is 9.53. The van der Waals surface area contributed by atoms with Crippen LogP contribution in [-0.2, 0) is 15.8 Å². The van der Waals surface area contributed by atoms with E-state index in [-0.39, 0.29) is 12.5 Å². The van der Waals surface area contributed by atoms with Crippen LogP contribution in [0, 0.1) is 0 Å². The minimum Gasteiger partial charge on any atom is -0.497 e. The topological polar surface area (TPSA) is 118 Å². The van der Waals surface area contributed by atoms with E-state index in [1.807, 2.05) is 38.4 Å². The average Bonchev–Trinajstić information content (AvgIpc) is 2.88. The number of carbonyl (C=O) groups excluding carboxylic acids is 1. The Morgan fingerprint density at radius 1 is 0.865 bits per heavy atom. The Labute approximate surface area is 217 Å². The van der Waals surface area contributed by atoms with E-state index in [1.165, 1.54) is 0 Å². The lowest BCUT2D eigenvalue weighted by Crippen LogP contribution is -2.27. The Morgan fingerprint density at radius 3 is 2.14 bits per heavy atom. The van der Waals surface area contributed by atoms with Gasteiger partial charge in [0.2, 0.25) is 5.91 Å². The van der Waals surface area contributed by atoms with Gasteiger partial charge in [-0.05, 0) is 44.4 Å². The van der Waals surface area contributed by atoms with Crippen molar-refractivity contribution in [1.29, 1.82) is 0 Å². The number of benzene rings is 3. The summed E-state index contributed by atoms with van der Waals surface area (Å²) >= 11 is 0. The second-order valence-electron chi connectivity index (χ2n) is 8.32. The number of amides is 1. The fraction of sp³-hybridized carbons (Fsp3) is 0.192. The summed E-state index contributed by atoms with van der Waals surface area (Å²) in [5, 5.41) is 6.05. The highest BCUT2D eigenvalue weighted by Crippen LogP contribution is 2.31. The van der Waals surface area contributed by atoms with Crippen molar-refractivity contribution in [2.75, 3.05) is 50.2 Å². The lowest BCUT2D eigenvalue weighted by Gasteiger charge is -2.15. The lowest BCUT2D eigenvalue weighted by molar-refractivity contribution is -0.116. The summed E-state index contributed by atoms with van der Waals surface area (Å²) in [6.45, 7) is 0.238. The third-order valence-corrected chi connectivity index (χ3v) is 6.23. The van der Waals surface area contributed by atoms with Crippen LogP contribution >= 0.6 is 0 Å². The smallest absolute Gasteiger partial charge is 0.238 e. The molecular formula is C26H28N6O4S. The molecule has 10 nitrogen and oxygen atoms in total. The van der Waals surface area contributed by atoms with E-state index in [2.05, 4.69) is 20.3 Å². The van der Waals surface area contributed by atoms with Crippen molar-refractivity contribution in [3.05, 3.63) is 66.7 Å². The fourth-order valence-electron chi connectivity index (χ4n) is 3.50. The van der Waals surface area contributed by atoms with Crippen molar-refractivity contribution in [3.63, 3.8) is 0 Å². The minimum absolute atomic E-state index is 0.165. The summed E-state index contributed by atoms with van der Waals surface area (Å²) < 4.78 is 27.0. The Hall–Kier alpha value is -4.22. The molecule has 0 radical (unpaired) electrons. The van der Waals surface area contributed by atoms with Crippen molar-refractivity contribution in [2.24, 2.45) is 0 Å². The van der Waals surface area contributed by atoms with Gasteiger partial charge in [0.1, 0.15) is 11.5 Å². The molecule has 0 bridgehead atoms. The number of aromatic nitrogens is 2. The van der Waals surface area contributed by atoms with E-state index in [1.54, 1.807) is 61.6 Å². The first-order valence-corrected chi connectivity index (χ1v) is 12.5. The summed E-state index contributed by atoms with van der Waals surface area (Å²) in [6, 6.07) is 19.6. The van der Waals surface area contributed by atoms with E-state index in [0.717, 1.165) is 0 Å². The van der Waals surface area contributed by atoms with Gasteiger partial charge in [0, 0.05) is 29.6 Å². The molecule has 4 rings (SSSR count). The molecule has 1 aromatic heterocycles. The molecule has 0 spiro atoms. The van der Waals surface area contributed by atoms with Crippen LogP contribution in [-0.4, -0.2) is 59.8 Å². The molecule has 0 aliphatic carbocycles. The van der Waals surface area contributed by atoms with Crippen LogP contribution in [0.2, 0.25) is 0 Å². The number of ether oxygens (including phenoxy) is 2. The fourth-order valence-corrected chi connectivity index (χ4v) is 4.37. The largest absolute Gasteiger partial charge is 0.497 e. The predicted octanol–water partition coefficient (Wildman–Crippen LogP) is 4.03. The molecule has 11 heteroatoms. The normalized spacial score (nSPS) is 11.7. The number of fused-ring (bicyclic) bond motifs is 1. The van der Waals surface area contributed by atoms with Gasteiger partial charge < -0.3 is 25.0 Å². The molecule has 1 amide bonds. The van der Waals surface area contributed by atoms with E-state index < -0.39 is 11.0 Å². The zero-order valence-corrected chi connectivity index (χ0v) is 21.8. The number of anilines is 4. The molecule has 0 fully saturated rings. The van der Waals surface area contributed by atoms with Crippen molar-refractivity contribution in [2.45, 2.75) is 4.90 Å². The SMILES string of the molecule is COc1cc(Nc2nc3ccccc3nc2NS(=O)c2cccc(NC(=O)CN(C)C)c2)cc(OC)c1. The molecule has 1 unspecified atom stereocenters. The number of nitrogens with one attached hydrogen (secondary N) is 3. The summed E-state index contributed by atoms with van der Waals surface area (Å²) in [6.07, 6.45) is 0. The third-order valence-electron chi connectivity index (χ3n) is 5.17. The van der Waals surface area contributed by atoms with E-state index >= 15 is 0 Å². The monoisotopic (exact) mass is 520 g/mol. The minimum atomic E-state index is -1.70. The van der Waals surface area contributed by atoms with Crippen LogP contribution in [0.4, 0.5) is 23.0 Å². The molecule has 192 valence electrons. The van der Waals surface area contributed by atoms with Crippen LogP contribution in [0.25, 0.3) is 11.0 Å². The van der Waals surface area contributed by atoms with Gasteiger partial charge >= 0.3 is 0 Å². The highest BCUT2D eigenvalue weighted by Gasteiger charge is 2.15. The number of rotatable bonds is 10. The maximum atomic E-state index is 13.3. The third kappa shape index (κ3) is 6.72. The summed E-state index contributed by atoms with van der Waals surface area (Å²) in [5.41, 5.74) is 2.51. The second kappa shape index (κ2) is 11.7. The Kier molecular flexibility index (Phi) is 8.16. The number of carbonyl (C=O) groups is 1. The lowest BCUT2D eigenvalue weighted by atomic mass is 10.2. The summed E-state index contributed by atoms with van der Waals surface area (Å²) in [7, 11) is 5.07. The van der Waals surface area contributed by atoms with Gasteiger partial charge in [-0.1, -0.05) is 18.2 Å². The molecule has 0 aliphatic rings. The molecule has 3 aromatic carbocycles. The van der Waals surface area contributed by atoms with E-state index in [9.17, 15) is 9.00 Å². The molecule has 4 aromatic rings. The van der Waals surface area contributed by atoms with Gasteiger partial charge in [-0.3, -0.25) is 9.52 Å². The van der Waals surface area contributed by atoms with Gasteiger partial charge in [0.25, 0.3) is 0 Å². The van der Waals surface area contributed by atoms with Crippen LogP contribution < -0.4 is 24.8 Å². The van der Waals surface area contributed by atoms with Gasteiger partial charge in [0.15, 0.2) is 22.6 Å². The van der Waals surface area contributed by atoms with Crippen LogP contribution in [0.1, 0.15) is 0 Å². The first-order chi connectivity index (χ1) is 17.8. The van der Waals surface area contributed by atoms with Crippen molar-refractivity contribution >= 4 is 50.9 Å². The molecule has 1 atom stereocenters. The van der Waals surface area contributed by atoms with E-state index in [4.69, 9.17) is 14.5 Å². The number of nitrogens with zero attached hydrogens (tertiary/aromatic N) is 3. The zero-order valence-electron chi connectivity index (χ0n) is 20.9. The quantitative estimate of drug-likeness (QED) is 0.287. The first kappa shape index (κ1) is 25.9. The van der Waals surface area contributed by atoms with Gasteiger partial charge in [-0.15, -0.1) is 0 Å². The Morgan fingerprint density at radius 2 is 1.51 bits per heavy atom. The predicted molar refractivity (Wildman–Crippen MR) is 146 cm³/mol. The zero-order chi connectivity index (χ0) is 26.4. The number of para-hydroxylation sites is 2. The van der Waals surface area contributed by atoms with Crippen LogP contribution in [0.3, 0.4) is 0 Å². The molecule has 0 saturated carbocycles. The number of hydrogen-bond donors (Lipinski definition) is 3. The van der Waals surface area contributed by atoms with Crippen molar-refractivity contribution in [1.82, 2.24) is 14.9 Å². The maximum absolute atomic E-state index is 13.3. The molecule has 1 heterocycles. The molecule has 37 heavy (non-hydrogen) atoms. The molecule has 3 N–H and O–H groups in total. The summed E-state index contributed by atoms with van der Waals surface area (Å²) in [5.74, 6) is 1.70. The highest BCUT2D eigenvalue weighted by molar-refractivity contribution is 7.86. The van der Waals surface area contributed by atoms with Crippen LogP contribution in [0.5, 0.6) is 11.5 Å². The van der Waals surface area contributed by atoms with Crippen molar-refractivity contribution < 1.29 is 18.5 Å². The standard InChI is InChI=1S/C26H28N6O4S/c1-32(2)16-24(33)27-17-8-7-9-21(14-17)37(34)31-26-25(29-22-10-5-6-11-23(22)30-26)28-18-12-19(35-3)15-20(13-18)36-4/h5-15H,16H2,1-4H3,(H,27,33)(H,28,29)(H,30,31). The summed E-state index contributed by atoms with van der Waals surface area (Å²) in [4.78, 5) is 23.7. The van der Waals surface area contributed by atoms with E-state index in [0.29, 0.717) is 50.4 Å². The maximum Gasteiger partial charge on any atom is 0.238 e. The number of hydrogen-bond acceptors (Lipinski definition) is 8. The first-order valence-electron chi connectivity index (χ1n) is 11.3. The van der Waals surface area contributed by atoms with Gasteiger partial charge in [-0.2, -0.15) is 0 Å². The number of likely N-dealkylation sites (N-methyl/N-ethyl adjacent to an activating group) is 1.